The molecule has 1 aliphatic carbocycles. The minimum absolute atomic E-state index is 0.00486. The van der Waals surface area contributed by atoms with Gasteiger partial charge < -0.3 is 9.88 Å². The number of nitrogens with zero attached hydrogens (tertiary/aromatic N) is 1. The van der Waals surface area contributed by atoms with E-state index in [1.165, 1.54) is 11.1 Å². The molecule has 3 heteroatoms. The van der Waals surface area contributed by atoms with E-state index in [4.69, 9.17) is 0 Å². The van der Waals surface area contributed by atoms with Crippen LogP contribution >= 0.6 is 0 Å². The van der Waals surface area contributed by atoms with E-state index in [0.29, 0.717) is 0 Å². The Kier molecular flexibility index (Phi) is 2.01. The van der Waals surface area contributed by atoms with Gasteiger partial charge in [0.2, 0.25) is 0 Å². The van der Waals surface area contributed by atoms with Crippen molar-refractivity contribution in [1.29, 1.82) is 0 Å². The molecule has 0 spiro atoms. The lowest BCUT2D eigenvalue weighted by Gasteiger charge is -2.15. The minimum atomic E-state index is 0.00486. The van der Waals surface area contributed by atoms with Crippen LogP contribution < -0.4 is 5.32 Å². The highest BCUT2D eigenvalue weighted by molar-refractivity contribution is 6.26. The number of allylic oxidation sites excluding steroid dienone is 1. The Bertz CT molecular complexity index is 737. The Morgan fingerprint density at radius 3 is 3.05 bits per heavy atom. The monoisotopic (exact) mass is 250 g/mol. The quantitative estimate of drug-likeness (QED) is 0.766. The van der Waals surface area contributed by atoms with Crippen LogP contribution in [0.1, 0.15) is 23.2 Å². The smallest absolute Gasteiger partial charge is 0.257 e. The zero-order valence-electron chi connectivity index (χ0n) is 10.7. The molecule has 0 radical (unpaired) electrons. The van der Waals surface area contributed by atoms with Crippen molar-refractivity contribution in [2.24, 2.45) is 0 Å². The lowest BCUT2D eigenvalue weighted by atomic mass is 9.97. The molecule has 4 rings (SSSR count). The third-order valence-corrected chi connectivity index (χ3v) is 3.96. The number of para-hydroxylation sites is 1. The lowest BCUT2D eigenvalue weighted by molar-refractivity contribution is -0.111. The van der Waals surface area contributed by atoms with Crippen LogP contribution in [-0.4, -0.2) is 10.5 Å². The first-order valence-electron chi connectivity index (χ1n) is 6.58. The van der Waals surface area contributed by atoms with E-state index >= 15 is 0 Å². The van der Waals surface area contributed by atoms with E-state index in [0.717, 1.165) is 35.5 Å². The maximum atomic E-state index is 12.4. The van der Waals surface area contributed by atoms with E-state index in [2.05, 4.69) is 41.2 Å². The zero-order chi connectivity index (χ0) is 13.0. The van der Waals surface area contributed by atoms with E-state index in [1.807, 2.05) is 12.1 Å². The molecule has 1 aliphatic heterocycles. The second-order valence-corrected chi connectivity index (χ2v) is 5.14. The zero-order valence-corrected chi connectivity index (χ0v) is 10.7. The van der Waals surface area contributed by atoms with Gasteiger partial charge in [-0.05, 0) is 43.0 Å². The molecule has 2 aliphatic rings. The average molecular weight is 250 g/mol. The van der Waals surface area contributed by atoms with Crippen LogP contribution in [0, 0.1) is 6.92 Å². The Morgan fingerprint density at radius 2 is 2.16 bits per heavy atom. The Balaban J connectivity index is 2.12. The van der Waals surface area contributed by atoms with Gasteiger partial charge >= 0.3 is 0 Å². The van der Waals surface area contributed by atoms with Crippen LogP contribution in [0.5, 0.6) is 0 Å². The number of nitrogens with one attached hydrogen (secondary N) is 1. The van der Waals surface area contributed by atoms with Gasteiger partial charge in [0.25, 0.3) is 5.91 Å². The van der Waals surface area contributed by atoms with E-state index in [1.54, 1.807) is 0 Å². The van der Waals surface area contributed by atoms with E-state index < -0.39 is 0 Å². The molecule has 2 aromatic rings. The van der Waals surface area contributed by atoms with Crippen molar-refractivity contribution in [3.05, 3.63) is 53.4 Å². The van der Waals surface area contributed by atoms with E-state index in [-0.39, 0.29) is 5.91 Å². The Hall–Kier alpha value is -2.29. The molecule has 0 bridgehead atoms. The van der Waals surface area contributed by atoms with Gasteiger partial charge in [-0.25, -0.2) is 0 Å². The number of hydrogen-bond acceptors (Lipinski definition) is 1. The van der Waals surface area contributed by atoms with Crippen molar-refractivity contribution in [2.75, 3.05) is 5.32 Å². The lowest BCUT2D eigenvalue weighted by Crippen LogP contribution is -2.14. The van der Waals surface area contributed by atoms with Gasteiger partial charge in [0.05, 0.1) is 22.6 Å². The van der Waals surface area contributed by atoms with Crippen molar-refractivity contribution in [2.45, 2.75) is 19.8 Å². The molecule has 1 N–H and O–H groups in total. The van der Waals surface area contributed by atoms with Crippen LogP contribution in [0.25, 0.3) is 11.3 Å². The summed E-state index contributed by atoms with van der Waals surface area (Å²) in [5.74, 6) is 0.00486. The van der Waals surface area contributed by atoms with Gasteiger partial charge in [-0.2, -0.15) is 0 Å². The average Bonchev–Trinajstić information content (AvgIpc) is 2.77. The number of carbonyl (C=O) groups is 1. The molecule has 1 aromatic carbocycles. The normalized spacial score (nSPS) is 16.1. The molecular weight excluding hydrogens is 236 g/mol. The van der Waals surface area contributed by atoms with Gasteiger partial charge in [-0.1, -0.05) is 18.2 Å². The molecule has 0 unspecified atom stereocenters. The molecule has 19 heavy (non-hydrogen) atoms. The van der Waals surface area contributed by atoms with Gasteiger partial charge in [-0.3, -0.25) is 4.79 Å². The molecular formula is C16H14N2O. The number of anilines is 1. The van der Waals surface area contributed by atoms with Crippen molar-refractivity contribution in [1.82, 2.24) is 4.57 Å². The summed E-state index contributed by atoms with van der Waals surface area (Å²) >= 11 is 0. The van der Waals surface area contributed by atoms with Gasteiger partial charge in [0.15, 0.2) is 0 Å². The highest BCUT2D eigenvalue weighted by Crippen LogP contribution is 2.37. The highest BCUT2D eigenvalue weighted by Gasteiger charge is 2.28. The highest BCUT2D eigenvalue weighted by atomic mass is 16.1. The van der Waals surface area contributed by atoms with Crippen LogP contribution in [0.4, 0.5) is 5.69 Å². The summed E-state index contributed by atoms with van der Waals surface area (Å²) in [4.78, 5) is 12.4. The summed E-state index contributed by atoms with van der Waals surface area (Å²) in [6.45, 7) is 2.08. The number of aromatic nitrogens is 1. The van der Waals surface area contributed by atoms with Gasteiger partial charge in [-0.15, -0.1) is 0 Å². The summed E-state index contributed by atoms with van der Waals surface area (Å²) in [5.41, 5.74) is 6.28. The summed E-state index contributed by atoms with van der Waals surface area (Å²) in [5, 5.41) is 3.03. The molecule has 0 saturated heterocycles. The molecule has 0 atom stereocenters. The standard InChI is InChI=1S/C16H14N2O/c1-10-4-2-7-13-14(10)18-9-8-11-5-3-6-12(15(11)18)16(19)17-13/h2,4,6-9H,3,5H2,1H3,(H,17,19). The summed E-state index contributed by atoms with van der Waals surface area (Å²) in [6, 6.07) is 8.16. The number of carbonyl (C=O) groups excluding carboxylic acids is 1. The predicted molar refractivity (Wildman–Crippen MR) is 75.4 cm³/mol. The third kappa shape index (κ3) is 1.35. The fourth-order valence-corrected chi connectivity index (χ4v) is 3.10. The first kappa shape index (κ1) is 10.6. The summed E-state index contributed by atoms with van der Waals surface area (Å²) < 4.78 is 2.16. The number of rotatable bonds is 0. The second kappa shape index (κ2) is 3.60. The Labute approximate surface area is 111 Å². The first-order valence-corrected chi connectivity index (χ1v) is 6.58. The van der Waals surface area contributed by atoms with Crippen molar-refractivity contribution < 1.29 is 4.79 Å². The maximum absolute atomic E-state index is 12.4. The van der Waals surface area contributed by atoms with Crippen LogP contribution in [0.3, 0.4) is 0 Å². The first-order chi connectivity index (χ1) is 9.25. The van der Waals surface area contributed by atoms with Crippen LogP contribution in [0.15, 0.2) is 36.5 Å². The molecule has 94 valence electrons. The number of hydrogen-bond donors (Lipinski definition) is 1. The molecule has 3 nitrogen and oxygen atoms in total. The summed E-state index contributed by atoms with van der Waals surface area (Å²) in [7, 11) is 0. The van der Waals surface area contributed by atoms with Gasteiger partial charge in [0.1, 0.15) is 0 Å². The fraction of sp³-hybridized carbons (Fsp3) is 0.188. The molecule has 0 fully saturated rings. The van der Waals surface area contributed by atoms with Gasteiger partial charge in [0, 0.05) is 6.20 Å². The van der Waals surface area contributed by atoms with Crippen LogP contribution in [-0.2, 0) is 11.2 Å². The molecule has 0 saturated carbocycles. The van der Waals surface area contributed by atoms with Crippen LogP contribution in [0.2, 0.25) is 0 Å². The summed E-state index contributed by atoms with van der Waals surface area (Å²) in [6.07, 6.45) is 6.08. The molecule has 1 aromatic heterocycles. The number of fused-ring (bicyclic) bond motifs is 2. The predicted octanol–water partition coefficient (Wildman–Crippen LogP) is 3.07. The topological polar surface area (TPSA) is 34.0 Å². The molecule has 1 amide bonds. The van der Waals surface area contributed by atoms with Crippen molar-refractivity contribution >= 4 is 17.2 Å². The third-order valence-electron chi connectivity index (χ3n) is 3.96. The number of amides is 1. The Morgan fingerprint density at radius 1 is 1.26 bits per heavy atom. The second-order valence-electron chi connectivity index (χ2n) is 5.14. The minimum Gasteiger partial charge on any atom is -0.320 e. The fourth-order valence-electron chi connectivity index (χ4n) is 3.10. The maximum Gasteiger partial charge on any atom is 0.257 e. The molecule has 2 heterocycles. The SMILES string of the molecule is Cc1cccc2c1-n1ccc3c1C(=CCC3)C(=O)N2. The van der Waals surface area contributed by atoms with Crippen molar-refractivity contribution in [3.8, 4) is 5.69 Å². The van der Waals surface area contributed by atoms with E-state index in [9.17, 15) is 4.79 Å². The largest absolute Gasteiger partial charge is 0.320 e. The number of aryl methyl sites for hydroxylation is 2. The van der Waals surface area contributed by atoms with Crippen molar-refractivity contribution in [3.63, 3.8) is 0 Å². The number of benzene rings is 1.